The third kappa shape index (κ3) is 3.94. The van der Waals surface area contributed by atoms with Crippen molar-refractivity contribution in [3.8, 4) is 5.88 Å². The first kappa shape index (κ1) is 13.8. The Hall–Kier alpha value is -1.58. The van der Waals surface area contributed by atoms with E-state index >= 15 is 0 Å². The summed E-state index contributed by atoms with van der Waals surface area (Å²) in [5.41, 5.74) is 3.39. The van der Waals surface area contributed by atoms with E-state index in [4.69, 9.17) is 16.3 Å². The quantitative estimate of drug-likeness (QED) is 0.909. The van der Waals surface area contributed by atoms with E-state index in [1.807, 2.05) is 31.3 Å². The fraction of sp³-hybridized carbons (Fsp3) is 0.267. The molecule has 2 aromatic rings. The molecule has 100 valence electrons. The average molecular weight is 277 g/mol. The van der Waals surface area contributed by atoms with Gasteiger partial charge in [0, 0.05) is 30.4 Å². The van der Waals surface area contributed by atoms with Crippen LogP contribution in [0.4, 0.5) is 0 Å². The lowest BCUT2D eigenvalue weighted by atomic mass is 10.1. The number of pyridine rings is 1. The van der Waals surface area contributed by atoms with Crippen molar-refractivity contribution in [2.75, 3.05) is 7.11 Å². The van der Waals surface area contributed by atoms with Crippen molar-refractivity contribution in [2.45, 2.75) is 20.0 Å². The fourth-order valence-electron chi connectivity index (χ4n) is 1.77. The molecule has 0 bridgehead atoms. The van der Waals surface area contributed by atoms with Gasteiger partial charge in [0.15, 0.2) is 0 Å². The molecule has 0 aliphatic heterocycles. The molecule has 19 heavy (non-hydrogen) atoms. The van der Waals surface area contributed by atoms with Gasteiger partial charge >= 0.3 is 0 Å². The molecule has 3 nitrogen and oxygen atoms in total. The maximum atomic E-state index is 6.18. The van der Waals surface area contributed by atoms with Gasteiger partial charge in [-0.1, -0.05) is 29.8 Å². The first-order chi connectivity index (χ1) is 9.19. The molecule has 4 heteroatoms. The second-order valence-corrected chi connectivity index (χ2v) is 4.81. The average Bonchev–Trinajstić information content (AvgIpc) is 2.42. The molecule has 0 saturated carbocycles. The monoisotopic (exact) mass is 276 g/mol. The minimum absolute atomic E-state index is 0.630. The van der Waals surface area contributed by atoms with Gasteiger partial charge in [0.1, 0.15) is 0 Å². The van der Waals surface area contributed by atoms with Crippen LogP contribution >= 0.6 is 11.6 Å². The molecular formula is C15H17ClN2O. The van der Waals surface area contributed by atoms with E-state index in [2.05, 4.69) is 22.4 Å². The molecule has 1 aromatic carbocycles. The molecule has 0 aliphatic carbocycles. The summed E-state index contributed by atoms with van der Waals surface area (Å²) < 4.78 is 5.02. The predicted molar refractivity (Wildman–Crippen MR) is 77.5 cm³/mol. The van der Waals surface area contributed by atoms with Crippen molar-refractivity contribution in [1.29, 1.82) is 0 Å². The highest BCUT2D eigenvalue weighted by Gasteiger charge is 2.01. The number of hydrogen-bond acceptors (Lipinski definition) is 3. The molecule has 1 N–H and O–H groups in total. The van der Waals surface area contributed by atoms with E-state index in [0.717, 1.165) is 29.2 Å². The van der Waals surface area contributed by atoms with Crippen LogP contribution in [0.25, 0.3) is 0 Å². The molecule has 0 saturated heterocycles. The van der Waals surface area contributed by atoms with E-state index in [9.17, 15) is 0 Å². The van der Waals surface area contributed by atoms with Crippen LogP contribution in [-0.4, -0.2) is 12.1 Å². The second-order valence-electron chi connectivity index (χ2n) is 4.41. The standard InChI is InChI=1S/C15H17ClN2O/c1-11-3-5-13(14(16)7-11)10-17-8-12-4-6-15(19-2)18-9-12/h3-7,9,17H,8,10H2,1-2H3. The summed E-state index contributed by atoms with van der Waals surface area (Å²) in [5, 5.41) is 4.16. The number of aryl methyl sites for hydroxylation is 1. The van der Waals surface area contributed by atoms with Crippen molar-refractivity contribution >= 4 is 11.6 Å². The molecule has 0 atom stereocenters. The summed E-state index contributed by atoms with van der Waals surface area (Å²) in [5.74, 6) is 0.630. The molecule has 0 amide bonds. The van der Waals surface area contributed by atoms with E-state index < -0.39 is 0 Å². The topological polar surface area (TPSA) is 34.1 Å². The summed E-state index contributed by atoms with van der Waals surface area (Å²) >= 11 is 6.18. The number of hydrogen-bond donors (Lipinski definition) is 1. The molecular weight excluding hydrogens is 260 g/mol. The van der Waals surface area contributed by atoms with Crippen molar-refractivity contribution in [1.82, 2.24) is 10.3 Å². The number of methoxy groups -OCH3 is 1. The minimum atomic E-state index is 0.630. The maximum absolute atomic E-state index is 6.18. The molecule has 0 unspecified atom stereocenters. The van der Waals surface area contributed by atoms with Gasteiger partial charge in [0.25, 0.3) is 0 Å². The number of halogens is 1. The van der Waals surface area contributed by atoms with Gasteiger partial charge in [-0.3, -0.25) is 0 Å². The summed E-state index contributed by atoms with van der Waals surface area (Å²) in [6, 6.07) is 9.95. The van der Waals surface area contributed by atoms with E-state index in [0.29, 0.717) is 5.88 Å². The fourth-order valence-corrected chi connectivity index (χ4v) is 2.08. The number of rotatable bonds is 5. The van der Waals surface area contributed by atoms with Crippen LogP contribution in [0.3, 0.4) is 0 Å². The van der Waals surface area contributed by atoms with Crippen molar-refractivity contribution < 1.29 is 4.74 Å². The third-order valence-corrected chi connectivity index (χ3v) is 3.21. The molecule has 1 heterocycles. The van der Waals surface area contributed by atoms with Gasteiger partial charge < -0.3 is 10.1 Å². The van der Waals surface area contributed by atoms with E-state index in [1.165, 1.54) is 5.56 Å². The van der Waals surface area contributed by atoms with Gasteiger partial charge in [-0.2, -0.15) is 0 Å². The lowest BCUT2D eigenvalue weighted by Crippen LogP contribution is -2.13. The highest BCUT2D eigenvalue weighted by molar-refractivity contribution is 6.31. The number of benzene rings is 1. The molecule has 0 aliphatic rings. The Morgan fingerprint density at radius 1 is 1.21 bits per heavy atom. The third-order valence-electron chi connectivity index (χ3n) is 2.86. The zero-order valence-electron chi connectivity index (χ0n) is 11.1. The summed E-state index contributed by atoms with van der Waals surface area (Å²) in [7, 11) is 1.61. The normalized spacial score (nSPS) is 10.5. The highest BCUT2D eigenvalue weighted by atomic mass is 35.5. The smallest absolute Gasteiger partial charge is 0.212 e. The van der Waals surface area contributed by atoms with Crippen LogP contribution in [0.5, 0.6) is 5.88 Å². The van der Waals surface area contributed by atoms with Crippen molar-refractivity contribution in [3.63, 3.8) is 0 Å². The van der Waals surface area contributed by atoms with Crippen LogP contribution in [0.15, 0.2) is 36.5 Å². The van der Waals surface area contributed by atoms with Crippen LogP contribution in [0, 0.1) is 6.92 Å². The predicted octanol–water partition coefficient (Wildman–Crippen LogP) is 3.34. The van der Waals surface area contributed by atoms with Crippen LogP contribution in [0.1, 0.15) is 16.7 Å². The Morgan fingerprint density at radius 2 is 2.05 bits per heavy atom. The van der Waals surface area contributed by atoms with Gasteiger partial charge in [-0.25, -0.2) is 4.98 Å². The Morgan fingerprint density at radius 3 is 2.68 bits per heavy atom. The number of aromatic nitrogens is 1. The Bertz CT molecular complexity index is 540. The maximum Gasteiger partial charge on any atom is 0.212 e. The number of nitrogens with zero attached hydrogens (tertiary/aromatic N) is 1. The molecule has 2 rings (SSSR count). The Balaban J connectivity index is 1.88. The van der Waals surface area contributed by atoms with Gasteiger partial charge in [-0.15, -0.1) is 0 Å². The summed E-state index contributed by atoms with van der Waals surface area (Å²) in [4.78, 5) is 4.16. The first-order valence-corrected chi connectivity index (χ1v) is 6.51. The first-order valence-electron chi connectivity index (χ1n) is 6.13. The van der Waals surface area contributed by atoms with E-state index in [-0.39, 0.29) is 0 Å². The number of ether oxygens (including phenoxy) is 1. The number of nitrogens with one attached hydrogen (secondary N) is 1. The lowest BCUT2D eigenvalue weighted by Gasteiger charge is -2.08. The SMILES string of the molecule is COc1ccc(CNCc2ccc(C)cc2Cl)cn1. The summed E-state index contributed by atoms with van der Waals surface area (Å²) in [6.07, 6.45) is 1.81. The Labute approximate surface area is 118 Å². The molecule has 0 fully saturated rings. The second kappa shape index (κ2) is 6.55. The highest BCUT2D eigenvalue weighted by Crippen LogP contribution is 2.17. The lowest BCUT2D eigenvalue weighted by molar-refractivity contribution is 0.397. The largest absolute Gasteiger partial charge is 0.481 e. The van der Waals surface area contributed by atoms with Gasteiger partial charge in [0.2, 0.25) is 5.88 Å². The molecule has 0 radical (unpaired) electrons. The van der Waals surface area contributed by atoms with Crippen LogP contribution < -0.4 is 10.1 Å². The zero-order valence-corrected chi connectivity index (χ0v) is 11.9. The molecule has 0 spiro atoms. The molecule has 1 aromatic heterocycles. The van der Waals surface area contributed by atoms with Crippen molar-refractivity contribution in [3.05, 3.63) is 58.2 Å². The van der Waals surface area contributed by atoms with Gasteiger partial charge in [0.05, 0.1) is 7.11 Å². The van der Waals surface area contributed by atoms with Gasteiger partial charge in [-0.05, 0) is 29.7 Å². The summed E-state index contributed by atoms with van der Waals surface area (Å²) in [6.45, 7) is 3.53. The van der Waals surface area contributed by atoms with Crippen LogP contribution in [0.2, 0.25) is 5.02 Å². The Kier molecular flexibility index (Phi) is 4.77. The van der Waals surface area contributed by atoms with Crippen molar-refractivity contribution in [2.24, 2.45) is 0 Å². The van der Waals surface area contributed by atoms with Crippen LogP contribution in [-0.2, 0) is 13.1 Å². The zero-order chi connectivity index (χ0) is 13.7. The minimum Gasteiger partial charge on any atom is -0.481 e. The van der Waals surface area contributed by atoms with E-state index in [1.54, 1.807) is 7.11 Å².